The van der Waals surface area contributed by atoms with Crippen LogP contribution in [0, 0.1) is 0 Å². The lowest BCUT2D eigenvalue weighted by Crippen LogP contribution is -2.12. The standard InChI is InChI=1S/C19H15Cl2NO4/c1-24-17-10-14(18(25-2)9-13(17)21)22-19(23)16-7-6-15(26-16)11-4-3-5-12(20)8-11/h3-10H,1-2H3,(H,22,23). The van der Waals surface area contributed by atoms with Gasteiger partial charge in [0.2, 0.25) is 0 Å². The lowest BCUT2D eigenvalue weighted by molar-refractivity contribution is 0.0997. The summed E-state index contributed by atoms with van der Waals surface area (Å²) < 4.78 is 16.1. The number of hydrogen-bond acceptors (Lipinski definition) is 4. The Labute approximate surface area is 160 Å². The third kappa shape index (κ3) is 3.79. The number of methoxy groups -OCH3 is 2. The Morgan fingerprint density at radius 2 is 1.77 bits per heavy atom. The molecule has 0 saturated heterocycles. The maximum Gasteiger partial charge on any atom is 0.291 e. The number of halogens is 2. The maximum absolute atomic E-state index is 12.5. The number of hydrogen-bond donors (Lipinski definition) is 1. The average Bonchev–Trinajstić information content (AvgIpc) is 3.13. The first-order valence-corrected chi connectivity index (χ1v) is 8.36. The van der Waals surface area contributed by atoms with E-state index in [9.17, 15) is 4.79 Å². The summed E-state index contributed by atoms with van der Waals surface area (Å²) in [6.45, 7) is 0. The van der Waals surface area contributed by atoms with Crippen molar-refractivity contribution in [2.24, 2.45) is 0 Å². The van der Waals surface area contributed by atoms with Gasteiger partial charge >= 0.3 is 0 Å². The Morgan fingerprint density at radius 1 is 1.00 bits per heavy atom. The SMILES string of the molecule is COc1cc(NC(=O)c2ccc(-c3cccc(Cl)c3)o2)c(OC)cc1Cl. The number of furan rings is 1. The van der Waals surface area contributed by atoms with Crippen LogP contribution in [0.25, 0.3) is 11.3 Å². The molecule has 3 rings (SSSR count). The van der Waals surface area contributed by atoms with Gasteiger partial charge in [0.15, 0.2) is 5.76 Å². The summed E-state index contributed by atoms with van der Waals surface area (Å²) in [6, 6.07) is 13.6. The fourth-order valence-corrected chi connectivity index (χ4v) is 2.82. The van der Waals surface area contributed by atoms with Crippen LogP contribution < -0.4 is 14.8 Å². The van der Waals surface area contributed by atoms with E-state index in [0.717, 1.165) is 5.56 Å². The van der Waals surface area contributed by atoms with E-state index in [1.54, 1.807) is 36.4 Å². The van der Waals surface area contributed by atoms with Crippen LogP contribution in [0.1, 0.15) is 10.6 Å². The molecule has 0 spiro atoms. The second-order valence-electron chi connectivity index (χ2n) is 5.32. The van der Waals surface area contributed by atoms with Crippen LogP contribution in [0.15, 0.2) is 52.9 Å². The Bertz CT molecular complexity index is 952. The molecule has 0 aliphatic rings. The van der Waals surface area contributed by atoms with E-state index < -0.39 is 5.91 Å². The third-order valence-electron chi connectivity index (χ3n) is 3.66. The smallest absolute Gasteiger partial charge is 0.291 e. The highest BCUT2D eigenvalue weighted by molar-refractivity contribution is 6.32. The highest BCUT2D eigenvalue weighted by Crippen LogP contribution is 2.36. The first-order valence-electron chi connectivity index (χ1n) is 7.60. The van der Waals surface area contributed by atoms with Gasteiger partial charge in [0, 0.05) is 22.7 Å². The summed E-state index contributed by atoms with van der Waals surface area (Å²) in [5.74, 6) is 1.09. The molecule has 0 unspecified atom stereocenters. The number of carbonyl (C=O) groups excluding carboxylic acids is 1. The number of ether oxygens (including phenoxy) is 2. The fraction of sp³-hybridized carbons (Fsp3) is 0.105. The predicted molar refractivity (Wildman–Crippen MR) is 102 cm³/mol. The molecular formula is C19H15Cl2NO4. The van der Waals surface area contributed by atoms with Crippen molar-refractivity contribution in [1.29, 1.82) is 0 Å². The molecule has 3 aromatic rings. The molecule has 5 nitrogen and oxygen atoms in total. The molecule has 26 heavy (non-hydrogen) atoms. The first kappa shape index (κ1) is 18.2. The van der Waals surface area contributed by atoms with Crippen molar-refractivity contribution in [3.8, 4) is 22.8 Å². The van der Waals surface area contributed by atoms with Crippen molar-refractivity contribution in [1.82, 2.24) is 0 Å². The monoisotopic (exact) mass is 391 g/mol. The van der Waals surface area contributed by atoms with Crippen LogP contribution in [-0.4, -0.2) is 20.1 Å². The molecule has 7 heteroatoms. The van der Waals surface area contributed by atoms with Crippen LogP contribution in [0.3, 0.4) is 0 Å². The van der Waals surface area contributed by atoms with E-state index in [0.29, 0.717) is 33.0 Å². The minimum atomic E-state index is -0.430. The van der Waals surface area contributed by atoms with Crippen LogP contribution in [-0.2, 0) is 0 Å². The van der Waals surface area contributed by atoms with Crippen molar-refractivity contribution < 1.29 is 18.7 Å². The van der Waals surface area contributed by atoms with Gasteiger partial charge in [-0.2, -0.15) is 0 Å². The Balaban J connectivity index is 1.85. The largest absolute Gasteiger partial charge is 0.495 e. The van der Waals surface area contributed by atoms with Crippen molar-refractivity contribution in [2.45, 2.75) is 0 Å². The molecule has 0 radical (unpaired) electrons. The van der Waals surface area contributed by atoms with Crippen LogP contribution in [0.4, 0.5) is 5.69 Å². The van der Waals surface area contributed by atoms with Gasteiger partial charge in [-0.25, -0.2) is 0 Å². The number of anilines is 1. The summed E-state index contributed by atoms with van der Waals surface area (Å²) >= 11 is 12.1. The predicted octanol–water partition coefficient (Wildman–Crippen LogP) is 5.52. The summed E-state index contributed by atoms with van der Waals surface area (Å²) in [4.78, 5) is 12.5. The molecule has 2 aromatic carbocycles. The van der Waals surface area contributed by atoms with E-state index in [4.69, 9.17) is 37.1 Å². The number of carbonyl (C=O) groups is 1. The van der Waals surface area contributed by atoms with Crippen LogP contribution in [0.5, 0.6) is 11.5 Å². The highest BCUT2D eigenvalue weighted by atomic mass is 35.5. The minimum Gasteiger partial charge on any atom is -0.495 e. The normalized spacial score (nSPS) is 10.5. The van der Waals surface area contributed by atoms with Crippen LogP contribution in [0.2, 0.25) is 10.0 Å². The molecule has 134 valence electrons. The summed E-state index contributed by atoms with van der Waals surface area (Å²) in [5, 5.41) is 3.70. The van der Waals surface area contributed by atoms with Gasteiger partial charge in [0.25, 0.3) is 5.91 Å². The quantitative estimate of drug-likeness (QED) is 0.621. The minimum absolute atomic E-state index is 0.149. The lowest BCUT2D eigenvalue weighted by atomic mass is 10.2. The zero-order chi connectivity index (χ0) is 18.7. The molecule has 1 heterocycles. The summed E-state index contributed by atoms with van der Waals surface area (Å²) in [6.07, 6.45) is 0. The molecule has 0 aliphatic heterocycles. The van der Waals surface area contributed by atoms with Gasteiger partial charge in [-0.1, -0.05) is 35.3 Å². The molecule has 1 aromatic heterocycles. The van der Waals surface area contributed by atoms with Gasteiger partial charge in [-0.05, 0) is 24.3 Å². The molecule has 0 saturated carbocycles. The van der Waals surface area contributed by atoms with E-state index in [1.165, 1.54) is 14.2 Å². The molecule has 0 bridgehead atoms. The van der Waals surface area contributed by atoms with Crippen molar-refractivity contribution in [3.63, 3.8) is 0 Å². The summed E-state index contributed by atoms with van der Waals surface area (Å²) in [5.41, 5.74) is 1.20. The molecule has 0 atom stereocenters. The zero-order valence-electron chi connectivity index (χ0n) is 14.0. The van der Waals surface area contributed by atoms with E-state index >= 15 is 0 Å². The van der Waals surface area contributed by atoms with Gasteiger partial charge < -0.3 is 19.2 Å². The van der Waals surface area contributed by atoms with E-state index in [2.05, 4.69) is 5.32 Å². The fourth-order valence-electron chi connectivity index (χ4n) is 2.40. The number of benzene rings is 2. The topological polar surface area (TPSA) is 60.7 Å². The number of amides is 1. The van der Waals surface area contributed by atoms with Crippen molar-refractivity contribution in [3.05, 3.63) is 64.3 Å². The zero-order valence-corrected chi connectivity index (χ0v) is 15.5. The molecule has 0 fully saturated rings. The van der Waals surface area contributed by atoms with E-state index in [1.807, 2.05) is 12.1 Å². The maximum atomic E-state index is 12.5. The average molecular weight is 392 g/mol. The molecular weight excluding hydrogens is 377 g/mol. The van der Waals surface area contributed by atoms with Gasteiger partial charge in [-0.3, -0.25) is 4.79 Å². The first-order chi connectivity index (χ1) is 12.5. The molecule has 1 amide bonds. The van der Waals surface area contributed by atoms with Crippen molar-refractivity contribution >= 4 is 34.8 Å². The van der Waals surface area contributed by atoms with Crippen molar-refractivity contribution in [2.75, 3.05) is 19.5 Å². The third-order valence-corrected chi connectivity index (χ3v) is 4.19. The van der Waals surface area contributed by atoms with Gasteiger partial charge in [-0.15, -0.1) is 0 Å². The Hall–Kier alpha value is -2.63. The lowest BCUT2D eigenvalue weighted by Gasteiger charge is -2.12. The highest BCUT2D eigenvalue weighted by Gasteiger charge is 2.17. The second-order valence-corrected chi connectivity index (χ2v) is 6.16. The van der Waals surface area contributed by atoms with Gasteiger partial charge in [0.1, 0.15) is 17.3 Å². The van der Waals surface area contributed by atoms with Crippen LogP contribution >= 0.6 is 23.2 Å². The molecule has 0 aliphatic carbocycles. The molecule has 1 N–H and O–H groups in total. The van der Waals surface area contributed by atoms with Gasteiger partial charge in [0.05, 0.1) is 24.9 Å². The Morgan fingerprint density at radius 3 is 2.46 bits per heavy atom. The summed E-state index contributed by atoms with van der Waals surface area (Å²) in [7, 11) is 2.97. The number of nitrogens with one attached hydrogen (secondary N) is 1. The number of rotatable bonds is 5. The second kappa shape index (κ2) is 7.72. The van der Waals surface area contributed by atoms with E-state index in [-0.39, 0.29) is 5.76 Å². The Kier molecular flexibility index (Phi) is 5.40.